The van der Waals surface area contributed by atoms with Gasteiger partial charge < -0.3 is 4.57 Å². The molecule has 3 nitrogen and oxygen atoms in total. The Morgan fingerprint density at radius 1 is 0.444 bits per heavy atom. The Hall–Kier alpha value is -5.39. The molecular weight excluding hydrogens is 565 g/mol. The third kappa shape index (κ3) is 3.44. The number of anilines is 3. The molecule has 0 unspecified atom stereocenters. The van der Waals surface area contributed by atoms with E-state index in [2.05, 4.69) is 172 Å². The van der Waals surface area contributed by atoms with E-state index in [0.29, 0.717) is 0 Å². The van der Waals surface area contributed by atoms with Gasteiger partial charge >= 0.3 is 0 Å². The summed E-state index contributed by atoms with van der Waals surface area (Å²) in [6.07, 6.45) is 0. The molecule has 210 valence electrons. The fourth-order valence-corrected chi connectivity index (χ4v) is 8.93. The number of rotatable bonds is 3. The molecule has 0 N–H and O–H groups in total. The van der Waals surface area contributed by atoms with E-state index >= 15 is 0 Å². The van der Waals surface area contributed by atoms with Crippen molar-refractivity contribution in [3.63, 3.8) is 0 Å². The summed E-state index contributed by atoms with van der Waals surface area (Å²) in [7, 11) is 0. The van der Waals surface area contributed by atoms with Gasteiger partial charge in [-0.05, 0) is 77.0 Å². The molecule has 0 spiro atoms. The van der Waals surface area contributed by atoms with Gasteiger partial charge in [0.1, 0.15) is 5.82 Å². The molecule has 0 aliphatic carbocycles. The van der Waals surface area contributed by atoms with Crippen LogP contribution in [-0.4, -0.2) is 15.8 Å². The van der Waals surface area contributed by atoms with Gasteiger partial charge in [-0.25, -0.2) is 0 Å². The van der Waals surface area contributed by atoms with Crippen molar-refractivity contribution in [1.29, 1.82) is 0 Å². The lowest BCUT2D eigenvalue weighted by molar-refractivity contribution is 1.07. The van der Waals surface area contributed by atoms with Crippen LogP contribution in [0.3, 0.4) is 0 Å². The zero-order chi connectivity index (χ0) is 29.5. The average molecular weight is 592 g/mol. The lowest BCUT2D eigenvalue weighted by Crippen LogP contribution is -2.61. The molecule has 2 aliphatic rings. The Morgan fingerprint density at radius 3 is 1.69 bits per heavy atom. The van der Waals surface area contributed by atoms with Crippen molar-refractivity contribution >= 4 is 74.0 Å². The molecule has 6 aromatic carbocycles. The van der Waals surface area contributed by atoms with Crippen LogP contribution in [0.15, 0.2) is 168 Å². The smallest absolute Gasteiger partial charge is 0.273 e. The molecule has 2 aliphatic heterocycles. The lowest BCUT2D eigenvalue weighted by Gasteiger charge is -2.39. The highest BCUT2D eigenvalue weighted by Crippen LogP contribution is 2.46. The minimum atomic E-state index is 0.0323. The van der Waals surface area contributed by atoms with Gasteiger partial charge in [0.05, 0.1) is 11.0 Å². The second-order valence-corrected chi connectivity index (χ2v) is 12.8. The van der Waals surface area contributed by atoms with E-state index in [9.17, 15) is 0 Å². The molecule has 4 heterocycles. The SMILES string of the molecule is c1ccc(N2c3cccc4c3B(c3c2n(-c2ccccc2)c2ccccc32)c2c(c3ccccc3n2-c2ccccc2)S4)cc1. The quantitative estimate of drug-likeness (QED) is 0.192. The van der Waals surface area contributed by atoms with Crippen LogP contribution < -0.4 is 21.4 Å². The third-order valence-corrected chi connectivity index (χ3v) is 10.6. The summed E-state index contributed by atoms with van der Waals surface area (Å²) in [6.45, 7) is 0.0323. The second-order valence-electron chi connectivity index (χ2n) is 11.7. The summed E-state index contributed by atoms with van der Waals surface area (Å²) < 4.78 is 5.00. The molecule has 10 rings (SSSR count). The van der Waals surface area contributed by atoms with E-state index in [1.165, 1.54) is 65.3 Å². The van der Waals surface area contributed by atoms with Crippen molar-refractivity contribution in [1.82, 2.24) is 9.13 Å². The number of fused-ring (bicyclic) bond motifs is 8. The van der Waals surface area contributed by atoms with Gasteiger partial charge in [-0.1, -0.05) is 109 Å². The summed E-state index contributed by atoms with van der Waals surface area (Å²) in [5.41, 5.74) is 11.3. The molecule has 0 bridgehead atoms. The minimum Gasteiger partial charge on any atom is -0.320 e. The molecule has 0 atom stereocenters. The number of hydrogen-bond donors (Lipinski definition) is 0. The normalized spacial score (nSPS) is 13.2. The monoisotopic (exact) mass is 591 g/mol. The predicted octanol–water partition coefficient (Wildman–Crippen LogP) is 8.34. The highest BCUT2D eigenvalue weighted by Gasteiger charge is 2.46. The molecule has 2 aromatic heterocycles. The van der Waals surface area contributed by atoms with Gasteiger partial charge in [0, 0.05) is 43.5 Å². The van der Waals surface area contributed by atoms with Crippen LogP contribution in [0.5, 0.6) is 0 Å². The summed E-state index contributed by atoms with van der Waals surface area (Å²) in [4.78, 5) is 5.17. The molecule has 0 amide bonds. The largest absolute Gasteiger partial charge is 0.320 e. The van der Waals surface area contributed by atoms with Crippen molar-refractivity contribution in [3.8, 4) is 11.4 Å². The molecule has 0 saturated heterocycles. The van der Waals surface area contributed by atoms with Gasteiger partial charge in [-0.3, -0.25) is 9.47 Å². The zero-order valence-corrected chi connectivity index (χ0v) is 25.2. The van der Waals surface area contributed by atoms with Gasteiger partial charge in [0.15, 0.2) is 0 Å². The van der Waals surface area contributed by atoms with Crippen LogP contribution in [0.2, 0.25) is 0 Å². The minimum absolute atomic E-state index is 0.0323. The highest BCUT2D eigenvalue weighted by atomic mass is 32.2. The van der Waals surface area contributed by atoms with Crippen molar-refractivity contribution in [3.05, 3.63) is 158 Å². The molecular formula is C40H26BN3S. The first kappa shape index (κ1) is 25.0. The number of nitrogens with zero attached hydrogens (tertiary/aromatic N) is 3. The van der Waals surface area contributed by atoms with Crippen LogP contribution >= 0.6 is 11.8 Å². The Balaban J connectivity index is 1.41. The Morgan fingerprint density at radius 2 is 1.00 bits per heavy atom. The Kier molecular flexibility index (Phi) is 5.31. The summed E-state index contributed by atoms with van der Waals surface area (Å²) in [5, 5.41) is 2.58. The number of para-hydroxylation sites is 5. The maximum Gasteiger partial charge on any atom is 0.273 e. The third-order valence-electron chi connectivity index (χ3n) is 9.35. The van der Waals surface area contributed by atoms with Gasteiger partial charge in [-0.2, -0.15) is 0 Å². The number of hydrogen-bond acceptors (Lipinski definition) is 2. The topological polar surface area (TPSA) is 13.1 Å². The number of aromatic nitrogens is 2. The molecule has 0 radical (unpaired) electrons. The van der Waals surface area contributed by atoms with E-state index in [0.717, 1.165) is 11.4 Å². The first-order valence-electron chi connectivity index (χ1n) is 15.4. The highest BCUT2D eigenvalue weighted by molar-refractivity contribution is 8.00. The summed E-state index contributed by atoms with van der Waals surface area (Å²) in [6, 6.07) is 57.3. The molecule has 0 saturated carbocycles. The van der Waals surface area contributed by atoms with Crippen molar-refractivity contribution < 1.29 is 0 Å². The molecule has 5 heteroatoms. The van der Waals surface area contributed by atoms with E-state index < -0.39 is 0 Å². The first-order valence-corrected chi connectivity index (χ1v) is 16.2. The predicted molar refractivity (Wildman–Crippen MR) is 190 cm³/mol. The van der Waals surface area contributed by atoms with E-state index in [-0.39, 0.29) is 6.71 Å². The fraction of sp³-hybridized carbons (Fsp3) is 0. The van der Waals surface area contributed by atoms with Crippen molar-refractivity contribution in [2.75, 3.05) is 4.90 Å². The van der Waals surface area contributed by atoms with Crippen LogP contribution in [0.25, 0.3) is 33.2 Å². The lowest BCUT2D eigenvalue weighted by atomic mass is 9.36. The van der Waals surface area contributed by atoms with Crippen molar-refractivity contribution in [2.24, 2.45) is 0 Å². The standard InChI is InChI=1S/C40H26BN3S/c1-4-15-27(16-5-1)42-33-24-13-11-22-31(33)38-39(42)41-36-30-21-10-12-23-32(30)43(28-17-6-2-7-18-28)40(36)44(29-19-8-3-9-20-29)34-25-14-26-35(45-38)37(34)41/h1-26H. The van der Waals surface area contributed by atoms with Gasteiger partial charge in [-0.15, -0.1) is 0 Å². The van der Waals surface area contributed by atoms with Crippen LogP contribution in [0, 0.1) is 0 Å². The van der Waals surface area contributed by atoms with E-state index in [4.69, 9.17) is 0 Å². The average Bonchev–Trinajstić information content (AvgIpc) is 3.63. The zero-order valence-electron chi connectivity index (χ0n) is 24.3. The van der Waals surface area contributed by atoms with E-state index in [1.807, 2.05) is 11.8 Å². The van der Waals surface area contributed by atoms with E-state index in [1.54, 1.807) is 0 Å². The first-order chi connectivity index (χ1) is 22.4. The maximum absolute atomic E-state index is 2.53. The molecule has 0 fully saturated rings. The van der Waals surface area contributed by atoms with Gasteiger partial charge in [0.25, 0.3) is 6.71 Å². The Labute approximate surface area is 266 Å². The summed E-state index contributed by atoms with van der Waals surface area (Å²) >= 11 is 1.92. The molecule has 8 aromatic rings. The maximum atomic E-state index is 2.53. The van der Waals surface area contributed by atoms with Crippen LogP contribution in [-0.2, 0) is 0 Å². The van der Waals surface area contributed by atoms with Crippen LogP contribution in [0.4, 0.5) is 17.2 Å². The van der Waals surface area contributed by atoms with Gasteiger partial charge in [0.2, 0.25) is 0 Å². The van der Waals surface area contributed by atoms with Crippen LogP contribution in [0.1, 0.15) is 0 Å². The fourth-order valence-electron chi connectivity index (χ4n) is 7.63. The molecule has 45 heavy (non-hydrogen) atoms. The number of benzene rings is 6. The van der Waals surface area contributed by atoms with Crippen molar-refractivity contribution in [2.45, 2.75) is 9.79 Å². The summed E-state index contributed by atoms with van der Waals surface area (Å²) in [5.74, 6) is 1.20. The Bertz CT molecular complexity index is 2410. The second kappa shape index (κ2) is 9.56.